The Morgan fingerprint density at radius 1 is 1.36 bits per heavy atom. The Balaban J connectivity index is 1.84. The molecule has 0 radical (unpaired) electrons. The first-order valence-electron chi connectivity index (χ1n) is 9.70. The van der Waals surface area contributed by atoms with E-state index in [4.69, 9.17) is 4.74 Å². The highest BCUT2D eigenvalue weighted by Crippen LogP contribution is 2.18. The maximum absolute atomic E-state index is 12.2. The van der Waals surface area contributed by atoms with Gasteiger partial charge in [0.15, 0.2) is 5.96 Å². The monoisotopic (exact) mass is 400 g/mol. The SMILES string of the molecule is CCN1CCCC1CN(C)C(=NC)NCc1cccc(COCC(F)(F)F)c1. The van der Waals surface area contributed by atoms with Crippen molar-refractivity contribution in [3.63, 3.8) is 0 Å². The number of alkyl halides is 3. The van der Waals surface area contributed by atoms with Crippen LogP contribution in [0.4, 0.5) is 13.2 Å². The van der Waals surface area contributed by atoms with Crippen LogP contribution < -0.4 is 5.32 Å². The summed E-state index contributed by atoms with van der Waals surface area (Å²) in [6, 6.07) is 7.92. The zero-order valence-electron chi connectivity index (χ0n) is 16.9. The van der Waals surface area contributed by atoms with Gasteiger partial charge in [0.25, 0.3) is 0 Å². The van der Waals surface area contributed by atoms with Gasteiger partial charge in [0.1, 0.15) is 6.61 Å². The summed E-state index contributed by atoms with van der Waals surface area (Å²) in [5.41, 5.74) is 1.69. The smallest absolute Gasteiger partial charge is 0.367 e. The number of likely N-dealkylation sites (tertiary alicyclic amines) is 1. The van der Waals surface area contributed by atoms with E-state index in [9.17, 15) is 13.2 Å². The van der Waals surface area contributed by atoms with E-state index in [0.717, 1.165) is 36.7 Å². The molecule has 1 unspecified atom stereocenters. The highest BCUT2D eigenvalue weighted by Gasteiger charge is 2.27. The van der Waals surface area contributed by atoms with Gasteiger partial charge < -0.3 is 15.0 Å². The molecule has 1 saturated heterocycles. The van der Waals surface area contributed by atoms with Crippen molar-refractivity contribution in [2.24, 2.45) is 4.99 Å². The summed E-state index contributed by atoms with van der Waals surface area (Å²) < 4.78 is 41.3. The van der Waals surface area contributed by atoms with E-state index in [1.54, 1.807) is 13.1 Å². The molecule has 2 rings (SSSR count). The number of aliphatic imine (C=N–C) groups is 1. The molecule has 0 spiro atoms. The fraction of sp³-hybridized carbons (Fsp3) is 0.650. The summed E-state index contributed by atoms with van der Waals surface area (Å²) in [7, 11) is 3.79. The van der Waals surface area contributed by atoms with Crippen molar-refractivity contribution >= 4 is 5.96 Å². The van der Waals surface area contributed by atoms with Crippen molar-refractivity contribution in [2.45, 2.75) is 45.1 Å². The molecule has 1 fully saturated rings. The summed E-state index contributed by atoms with van der Waals surface area (Å²) in [5.74, 6) is 0.807. The average Bonchev–Trinajstić information content (AvgIpc) is 3.08. The van der Waals surface area contributed by atoms with Crippen LogP contribution in [0, 0.1) is 0 Å². The fourth-order valence-corrected chi connectivity index (χ4v) is 3.60. The molecule has 1 aliphatic rings. The van der Waals surface area contributed by atoms with E-state index in [1.165, 1.54) is 12.8 Å². The molecule has 1 aromatic rings. The topological polar surface area (TPSA) is 40.1 Å². The van der Waals surface area contributed by atoms with Crippen LogP contribution >= 0.6 is 0 Å². The molecule has 1 heterocycles. The molecule has 5 nitrogen and oxygen atoms in total. The van der Waals surface area contributed by atoms with Gasteiger partial charge in [-0.1, -0.05) is 31.2 Å². The second-order valence-corrected chi connectivity index (χ2v) is 7.13. The lowest BCUT2D eigenvalue weighted by molar-refractivity contribution is -0.176. The number of hydrogen-bond donors (Lipinski definition) is 1. The Morgan fingerprint density at radius 2 is 2.11 bits per heavy atom. The predicted octanol–water partition coefficient (Wildman–Crippen LogP) is 3.26. The quantitative estimate of drug-likeness (QED) is 0.537. The number of likely N-dealkylation sites (N-methyl/N-ethyl adjacent to an activating group) is 2. The van der Waals surface area contributed by atoms with Gasteiger partial charge >= 0.3 is 6.18 Å². The molecule has 28 heavy (non-hydrogen) atoms. The molecular formula is C20H31F3N4O. The summed E-state index contributed by atoms with van der Waals surface area (Å²) >= 11 is 0. The van der Waals surface area contributed by atoms with Crippen LogP contribution in [0.25, 0.3) is 0 Å². The Morgan fingerprint density at radius 3 is 2.79 bits per heavy atom. The minimum atomic E-state index is -4.30. The lowest BCUT2D eigenvalue weighted by atomic mass is 10.1. The highest BCUT2D eigenvalue weighted by atomic mass is 19.4. The molecule has 0 aliphatic carbocycles. The van der Waals surface area contributed by atoms with Crippen LogP contribution in [0.2, 0.25) is 0 Å². The number of benzene rings is 1. The maximum atomic E-state index is 12.2. The van der Waals surface area contributed by atoms with Crippen LogP contribution in [-0.4, -0.2) is 68.3 Å². The molecule has 0 aromatic heterocycles. The third kappa shape index (κ3) is 7.31. The zero-order chi connectivity index (χ0) is 20.6. The first kappa shape index (κ1) is 22.5. The molecule has 1 atom stereocenters. The minimum Gasteiger partial charge on any atom is -0.367 e. The maximum Gasteiger partial charge on any atom is 0.411 e. The molecule has 0 saturated carbocycles. The van der Waals surface area contributed by atoms with Gasteiger partial charge in [0.05, 0.1) is 6.61 Å². The molecule has 1 N–H and O–H groups in total. The lowest BCUT2D eigenvalue weighted by Crippen LogP contribution is -2.45. The van der Waals surface area contributed by atoms with Crippen LogP contribution in [0.1, 0.15) is 30.9 Å². The van der Waals surface area contributed by atoms with Gasteiger partial charge in [-0.05, 0) is 37.1 Å². The molecule has 8 heteroatoms. The molecule has 0 amide bonds. The van der Waals surface area contributed by atoms with E-state index < -0.39 is 12.8 Å². The summed E-state index contributed by atoms with van der Waals surface area (Å²) in [5, 5.41) is 3.34. The van der Waals surface area contributed by atoms with Gasteiger partial charge in [0.2, 0.25) is 0 Å². The molecule has 1 aliphatic heterocycles. The summed E-state index contributed by atoms with van der Waals surface area (Å²) in [4.78, 5) is 8.99. The molecule has 0 bridgehead atoms. The minimum absolute atomic E-state index is 0.0590. The van der Waals surface area contributed by atoms with Crippen molar-refractivity contribution in [2.75, 3.05) is 40.3 Å². The van der Waals surface area contributed by atoms with E-state index in [0.29, 0.717) is 12.6 Å². The van der Waals surface area contributed by atoms with Gasteiger partial charge in [-0.25, -0.2) is 0 Å². The number of rotatable bonds is 8. The normalized spacial score (nSPS) is 18.5. The second kappa shape index (κ2) is 10.7. The molecule has 158 valence electrons. The second-order valence-electron chi connectivity index (χ2n) is 7.13. The largest absolute Gasteiger partial charge is 0.411 e. The van der Waals surface area contributed by atoms with Crippen molar-refractivity contribution in [3.05, 3.63) is 35.4 Å². The van der Waals surface area contributed by atoms with Gasteiger partial charge in [0, 0.05) is 33.2 Å². The number of nitrogens with one attached hydrogen (secondary N) is 1. The average molecular weight is 400 g/mol. The first-order valence-corrected chi connectivity index (χ1v) is 9.70. The van der Waals surface area contributed by atoms with Crippen molar-refractivity contribution in [3.8, 4) is 0 Å². The lowest BCUT2D eigenvalue weighted by Gasteiger charge is -2.29. The van der Waals surface area contributed by atoms with Crippen molar-refractivity contribution in [1.82, 2.24) is 15.1 Å². The third-order valence-corrected chi connectivity index (χ3v) is 4.94. The Hall–Kier alpha value is -1.80. The number of guanidine groups is 1. The van der Waals surface area contributed by atoms with E-state index in [1.807, 2.05) is 25.2 Å². The van der Waals surface area contributed by atoms with Crippen LogP contribution in [0.5, 0.6) is 0 Å². The number of ether oxygens (including phenoxy) is 1. The molecular weight excluding hydrogens is 369 g/mol. The van der Waals surface area contributed by atoms with Crippen LogP contribution in [-0.2, 0) is 17.9 Å². The van der Waals surface area contributed by atoms with Crippen LogP contribution in [0.3, 0.4) is 0 Å². The van der Waals surface area contributed by atoms with Crippen molar-refractivity contribution < 1.29 is 17.9 Å². The summed E-state index contributed by atoms with van der Waals surface area (Å²) in [6.07, 6.45) is -1.86. The highest BCUT2D eigenvalue weighted by molar-refractivity contribution is 5.79. The molecule has 1 aromatic carbocycles. The van der Waals surface area contributed by atoms with Gasteiger partial charge in [-0.3, -0.25) is 9.89 Å². The van der Waals surface area contributed by atoms with Crippen LogP contribution in [0.15, 0.2) is 29.3 Å². The standard InChI is InChI=1S/C20H31F3N4O/c1-4-27-10-6-9-18(27)13-26(3)19(24-2)25-12-16-7-5-8-17(11-16)14-28-15-20(21,22)23/h5,7-8,11,18H,4,6,9-10,12-15H2,1-3H3,(H,24,25). The number of nitrogens with zero attached hydrogens (tertiary/aromatic N) is 3. The number of halogens is 3. The Kier molecular flexibility index (Phi) is 8.57. The predicted molar refractivity (Wildman–Crippen MR) is 105 cm³/mol. The van der Waals surface area contributed by atoms with E-state index in [-0.39, 0.29) is 6.61 Å². The van der Waals surface area contributed by atoms with Gasteiger partial charge in [-0.2, -0.15) is 13.2 Å². The van der Waals surface area contributed by atoms with Crippen molar-refractivity contribution in [1.29, 1.82) is 0 Å². The van der Waals surface area contributed by atoms with E-state index >= 15 is 0 Å². The first-order chi connectivity index (χ1) is 13.3. The summed E-state index contributed by atoms with van der Waals surface area (Å²) in [6.45, 7) is 4.58. The van der Waals surface area contributed by atoms with Gasteiger partial charge in [-0.15, -0.1) is 0 Å². The Bertz CT molecular complexity index is 636. The zero-order valence-corrected chi connectivity index (χ0v) is 16.9. The van der Waals surface area contributed by atoms with E-state index in [2.05, 4.69) is 27.0 Å². The number of hydrogen-bond acceptors (Lipinski definition) is 3. The fourth-order valence-electron chi connectivity index (χ4n) is 3.60. The third-order valence-electron chi connectivity index (χ3n) is 4.94. The Labute approximate surface area is 165 Å².